The number of aromatic amines is 1. The second-order valence-corrected chi connectivity index (χ2v) is 6.58. The van der Waals surface area contributed by atoms with Crippen molar-refractivity contribution in [1.82, 2.24) is 15.3 Å². The minimum Gasteiger partial charge on any atom is -0.355 e. The Labute approximate surface area is 146 Å². The van der Waals surface area contributed by atoms with Crippen molar-refractivity contribution >= 4 is 17.2 Å². The molecule has 1 aromatic carbocycles. The van der Waals surface area contributed by atoms with Gasteiger partial charge in [-0.05, 0) is 23.4 Å². The number of nitrogens with one attached hydrogen (secondary N) is 2. The van der Waals surface area contributed by atoms with Crippen molar-refractivity contribution < 1.29 is 4.79 Å². The first-order valence-electron chi connectivity index (χ1n) is 8.18. The van der Waals surface area contributed by atoms with Gasteiger partial charge in [-0.1, -0.05) is 43.3 Å². The molecule has 1 atom stereocenters. The second kappa shape index (κ2) is 7.93. The van der Waals surface area contributed by atoms with Crippen LogP contribution in [0.5, 0.6) is 0 Å². The molecule has 0 fully saturated rings. The van der Waals surface area contributed by atoms with E-state index in [1.807, 2.05) is 54.9 Å². The van der Waals surface area contributed by atoms with Crippen molar-refractivity contribution in [3.63, 3.8) is 0 Å². The zero-order valence-corrected chi connectivity index (χ0v) is 14.5. The molecule has 3 aromatic rings. The molecule has 0 aliphatic rings. The van der Waals surface area contributed by atoms with E-state index in [1.165, 1.54) is 4.88 Å². The number of carbonyl (C=O) groups excluding carboxylic acids is 1. The van der Waals surface area contributed by atoms with E-state index in [0.29, 0.717) is 13.0 Å². The van der Waals surface area contributed by atoms with Crippen molar-refractivity contribution in [2.45, 2.75) is 25.7 Å². The fourth-order valence-electron chi connectivity index (χ4n) is 2.73. The molecule has 0 bridgehead atoms. The van der Waals surface area contributed by atoms with Crippen LogP contribution in [0.25, 0.3) is 10.6 Å². The van der Waals surface area contributed by atoms with Crippen LogP contribution < -0.4 is 5.32 Å². The third-order valence-corrected chi connectivity index (χ3v) is 4.91. The molecule has 2 aromatic heterocycles. The number of H-pyrrole nitrogens is 1. The summed E-state index contributed by atoms with van der Waals surface area (Å²) >= 11 is 1.68. The van der Waals surface area contributed by atoms with Crippen molar-refractivity contribution in [3.05, 3.63) is 65.4 Å². The summed E-state index contributed by atoms with van der Waals surface area (Å²) in [5.41, 5.74) is 2.09. The highest BCUT2D eigenvalue weighted by Crippen LogP contribution is 2.22. The lowest BCUT2D eigenvalue weighted by atomic mass is 9.96. The lowest BCUT2D eigenvalue weighted by molar-refractivity contribution is -0.122. The lowest BCUT2D eigenvalue weighted by Gasteiger charge is -2.15. The Balaban J connectivity index is 1.53. The average molecular weight is 339 g/mol. The molecule has 24 heavy (non-hydrogen) atoms. The quantitative estimate of drug-likeness (QED) is 0.684. The molecule has 4 nitrogen and oxygen atoms in total. The van der Waals surface area contributed by atoms with Crippen LogP contribution in [0.2, 0.25) is 0 Å². The SMILES string of the molecule is CC[C@@H](C(=O)NCCc1ncc(-c2cccs2)[nH]1)c1ccccc1. The molecule has 0 radical (unpaired) electrons. The number of hydrogen-bond acceptors (Lipinski definition) is 3. The fraction of sp³-hybridized carbons (Fsp3) is 0.263. The van der Waals surface area contributed by atoms with Crippen LogP contribution in [0.4, 0.5) is 0 Å². The standard InChI is InChI=1S/C19H21N3OS/c1-2-15(14-7-4-3-5-8-14)19(23)20-11-10-18-21-13-16(22-18)17-9-6-12-24-17/h3-9,12-13,15H,2,10-11H2,1H3,(H,20,23)(H,21,22)/t15-/m1/s1. The molecule has 0 spiro atoms. The van der Waals surface area contributed by atoms with Gasteiger partial charge in [0.05, 0.1) is 22.7 Å². The monoisotopic (exact) mass is 339 g/mol. The molecule has 0 saturated carbocycles. The number of carbonyl (C=O) groups is 1. The number of nitrogens with zero attached hydrogens (tertiary/aromatic N) is 1. The summed E-state index contributed by atoms with van der Waals surface area (Å²) < 4.78 is 0. The number of thiophene rings is 1. The maximum atomic E-state index is 12.4. The summed E-state index contributed by atoms with van der Waals surface area (Å²) in [4.78, 5) is 21.3. The van der Waals surface area contributed by atoms with Crippen LogP contribution in [0.3, 0.4) is 0 Å². The molecule has 124 valence electrons. The lowest BCUT2D eigenvalue weighted by Crippen LogP contribution is -2.31. The van der Waals surface area contributed by atoms with E-state index in [9.17, 15) is 4.79 Å². The first kappa shape index (κ1) is 16.5. The third kappa shape index (κ3) is 3.92. The average Bonchev–Trinajstić information content (AvgIpc) is 3.28. The fourth-order valence-corrected chi connectivity index (χ4v) is 3.42. The molecule has 2 N–H and O–H groups in total. The van der Waals surface area contributed by atoms with Crippen molar-refractivity contribution in [3.8, 4) is 10.6 Å². The first-order valence-corrected chi connectivity index (χ1v) is 9.06. The number of rotatable bonds is 7. The summed E-state index contributed by atoms with van der Waals surface area (Å²) in [5.74, 6) is 0.879. The van der Waals surface area contributed by atoms with Gasteiger partial charge in [0.25, 0.3) is 0 Å². The zero-order chi connectivity index (χ0) is 16.8. The van der Waals surface area contributed by atoms with Gasteiger partial charge in [0.15, 0.2) is 0 Å². The first-order chi connectivity index (χ1) is 11.8. The van der Waals surface area contributed by atoms with Gasteiger partial charge in [-0.25, -0.2) is 4.98 Å². The van der Waals surface area contributed by atoms with Gasteiger partial charge < -0.3 is 10.3 Å². The zero-order valence-electron chi connectivity index (χ0n) is 13.7. The number of benzene rings is 1. The number of aromatic nitrogens is 2. The Morgan fingerprint density at radius 2 is 2.08 bits per heavy atom. The normalized spacial score (nSPS) is 12.0. The van der Waals surface area contributed by atoms with Gasteiger partial charge >= 0.3 is 0 Å². The van der Waals surface area contributed by atoms with Gasteiger partial charge in [0.1, 0.15) is 5.82 Å². The molecular formula is C19H21N3OS. The number of imidazole rings is 1. The predicted molar refractivity (Wildman–Crippen MR) is 98.1 cm³/mol. The molecule has 0 unspecified atom stereocenters. The van der Waals surface area contributed by atoms with E-state index in [1.54, 1.807) is 11.3 Å². The largest absolute Gasteiger partial charge is 0.355 e. The summed E-state index contributed by atoms with van der Waals surface area (Å²) in [5, 5.41) is 5.07. The summed E-state index contributed by atoms with van der Waals surface area (Å²) in [6.07, 6.45) is 3.34. The third-order valence-electron chi connectivity index (χ3n) is 4.00. The van der Waals surface area contributed by atoms with E-state index in [4.69, 9.17) is 0 Å². The van der Waals surface area contributed by atoms with Gasteiger partial charge in [-0.2, -0.15) is 0 Å². The van der Waals surface area contributed by atoms with Gasteiger partial charge in [-0.3, -0.25) is 4.79 Å². The minimum absolute atomic E-state index is 0.0775. The summed E-state index contributed by atoms with van der Waals surface area (Å²) in [6, 6.07) is 14.0. The highest BCUT2D eigenvalue weighted by molar-refractivity contribution is 7.13. The second-order valence-electron chi connectivity index (χ2n) is 5.63. The molecule has 0 aliphatic heterocycles. The molecule has 1 amide bonds. The van der Waals surface area contributed by atoms with E-state index in [0.717, 1.165) is 23.5 Å². The summed E-state index contributed by atoms with van der Waals surface area (Å²) in [7, 11) is 0. The Morgan fingerprint density at radius 1 is 1.25 bits per heavy atom. The smallest absolute Gasteiger partial charge is 0.227 e. The Morgan fingerprint density at radius 3 is 2.79 bits per heavy atom. The molecule has 5 heteroatoms. The topological polar surface area (TPSA) is 57.8 Å². The van der Waals surface area contributed by atoms with Crippen molar-refractivity contribution in [2.24, 2.45) is 0 Å². The van der Waals surface area contributed by atoms with Crippen molar-refractivity contribution in [2.75, 3.05) is 6.54 Å². The maximum Gasteiger partial charge on any atom is 0.227 e. The molecule has 0 saturated heterocycles. The van der Waals surface area contributed by atoms with E-state index in [-0.39, 0.29) is 11.8 Å². The van der Waals surface area contributed by atoms with Gasteiger partial charge in [0, 0.05) is 13.0 Å². The highest BCUT2D eigenvalue weighted by atomic mass is 32.1. The number of amides is 1. The number of hydrogen-bond donors (Lipinski definition) is 2. The Bertz CT molecular complexity index is 765. The Hall–Kier alpha value is -2.40. The highest BCUT2D eigenvalue weighted by Gasteiger charge is 2.17. The van der Waals surface area contributed by atoms with Crippen LogP contribution in [-0.4, -0.2) is 22.4 Å². The Kier molecular flexibility index (Phi) is 5.43. The molecular weight excluding hydrogens is 318 g/mol. The van der Waals surface area contributed by atoms with Gasteiger partial charge in [0.2, 0.25) is 5.91 Å². The van der Waals surface area contributed by atoms with Gasteiger partial charge in [-0.15, -0.1) is 11.3 Å². The van der Waals surface area contributed by atoms with Crippen LogP contribution in [0.1, 0.15) is 30.7 Å². The van der Waals surface area contributed by atoms with E-state index in [2.05, 4.69) is 21.4 Å². The predicted octanol–water partition coefficient (Wildman–Crippen LogP) is 3.99. The molecule has 3 rings (SSSR count). The van der Waals surface area contributed by atoms with Crippen LogP contribution in [-0.2, 0) is 11.2 Å². The molecule has 0 aliphatic carbocycles. The van der Waals surface area contributed by atoms with E-state index < -0.39 is 0 Å². The van der Waals surface area contributed by atoms with Crippen LogP contribution in [0, 0.1) is 0 Å². The molecule has 2 heterocycles. The van der Waals surface area contributed by atoms with E-state index >= 15 is 0 Å². The minimum atomic E-state index is -0.0931. The maximum absolute atomic E-state index is 12.4. The summed E-state index contributed by atoms with van der Waals surface area (Å²) in [6.45, 7) is 2.62. The van der Waals surface area contributed by atoms with Crippen LogP contribution >= 0.6 is 11.3 Å². The van der Waals surface area contributed by atoms with Crippen LogP contribution in [0.15, 0.2) is 54.0 Å². The van der Waals surface area contributed by atoms with Crippen molar-refractivity contribution in [1.29, 1.82) is 0 Å².